The standard InChI is InChI=1S/C38H27N3/c1-38(2)31-12-7-11-29-30-23-25(18-21-34(30)41(36(29)31)35-15-8-22-39-37(35)38)24-16-19-26(20-17-24)40-32-13-5-3-9-27(32)28-10-4-6-14-33(28)40/h3-23H,1-2H3. The summed E-state index contributed by atoms with van der Waals surface area (Å²) >= 11 is 0. The Morgan fingerprint density at radius 3 is 1.95 bits per heavy atom. The first-order valence-corrected chi connectivity index (χ1v) is 14.2. The second kappa shape index (κ2) is 7.96. The summed E-state index contributed by atoms with van der Waals surface area (Å²) in [5.74, 6) is 0. The van der Waals surface area contributed by atoms with Gasteiger partial charge in [0.15, 0.2) is 0 Å². The lowest BCUT2D eigenvalue weighted by Gasteiger charge is -2.33. The predicted octanol–water partition coefficient (Wildman–Crippen LogP) is 9.58. The lowest BCUT2D eigenvalue weighted by Crippen LogP contribution is -2.27. The van der Waals surface area contributed by atoms with Crippen LogP contribution >= 0.6 is 0 Å². The monoisotopic (exact) mass is 525 g/mol. The Kier molecular flexibility index (Phi) is 4.39. The number of nitrogens with zero attached hydrogens (tertiary/aromatic N) is 3. The van der Waals surface area contributed by atoms with Crippen molar-refractivity contribution in [1.82, 2.24) is 14.1 Å². The number of hydrogen-bond donors (Lipinski definition) is 0. The molecule has 0 saturated heterocycles. The Morgan fingerprint density at radius 1 is 0.537 bits per heavy atom. The molecule has 194 valence electrons. The zero-order valence-corrected chi connectivity index (χ0v) is 23.0. The van der Waals surface area contributed by atoms with E-state index in [-0.39, 0.29) is 5.41 Å². The fourth-order valence-electron chi connectivity index (χ4n) is 7.19. The van der Waals surface area contributed by atoms with E-state index in [1.807, 2.05) is 12.3 Å². The van der Waals surface area contributed by atoms with Crippen molar-refractivity contribution in [3.8, 4) is 22.5 Å². The fraction of sp³-hybridized carbons (Fsp3) is 0.0789. The predicted molar refractivity (Wildman–Crippen MR) is 170 cm³/mol. The summed E-state index contributed by atoms with van der Waals surface area (Å²) in [6.07, 6.45) is 1.92. The summed E-state index contributed by atoms with van der Waals surface area (Å²) in [4.78, 5) is 4.85. The normalized spacial score (nSPS) is 13.8. The molecule has 0 bridgehead atoms. The molecule has 3 aromatic heterocycles. The molecule has 0 aliphatic carbocycles. The molecule has 1 aliphatic rings. The van der Waals surface area contributed by atoms with Gasteiger partial charge in [-0.05, 0) is 79.1 Å². The molecule has 5 aromatic carbocycles. The van der Waals surface area contributed by atoms with Gasteiger partial charge in [0, 0.05) is 38.8 Å². The first kappa shape index (κ1) is 22.6. The van der Waals surface area contributed by atoms with Crippen molar-refractivity contribution in [2.24, 2.45) is 0 Å². The summed E-state index contributed by atoms with van der Waals surface area (Å²) in [6, 6.07) is 44.2. The molecule has 4 heterocycles. The molecule has 8 aromatic rings. The van der Waals surface area contributed by atoms with Crippen molar-refractivity contribution in [3.63, 3.8) is 0 Å². The zero-order valence-electron chi connectivity index (χ0n) is 23.0. The van der Waals surface area contributed by atoms with Crippen LogP contribution in [0.5, 0.6) is 0 Å². The highest BCUT2D eigenvalue weighted by atomic mass is 15.0. The first-order valence-electron chi connectivity index (χ1n) is 14.2. The molecule has 3 heteroatoms. The van der Waals surface area contributed by atoms with Crippen molar-refractivity contribution in [2.75, 3.05) is 0 Å². The Labute approximate surface area is 237 Å². The second-order valence-corrected chi connectivity index (χ2v) is 11.7. The molecule has 0 unspecified atom stereocenters. The third-order valence-electron chi connectivity index (χ3n) is 9.12. The van der Waals surface area contributed by atoms with Crippen molar-refractivity contribution < 1.29 is 0 Å². The van der Waals surface area contributed by atoms with Crippen LogP contribution < -0.4 is 0 Å². The lowest BCUT2D eigenvalue weighted by atomic mass is 9.77. The van der Waals surface area contributed by atoms with E-state index in [0.29, 0.717) is 0 Å². The Balaban J connectivity index is 1.22. The minimum absolute atomic E-state index is 0.161. The van der Waals surface area contributed by atoms with Gasteiger partial charge in [0.05, 0.1) is 33.4 Å². The number of aromatic nitrogens is 3. The van der Waals surface area contributed by atoms with E-state index in [1.165, 1.54) is 71.7 Å². The summed E-state index contributed by atoms with van der Waals surface area (Å²) in [5, 5.41) is 5.14. The van der Waals surface area contributed by atoms with Crippen LogP contribution in [-0.2, 0) is 5.41 Å². The highest BCUT2D eigenvalue weighted by Gasteiger charge is 2.36. The van der Waals surface area contributed by atoms with Gasteiger partial charge < -0.3 is 9.13 Å². The molecule has 0 radical (unpaired) electrons. The molecule has 0 saturated carbocycles. The van der Waals surface area contributed by atoms with Crippen LogP contribution in [0.15, 0.2) is 128 Å². The Morgan fingerprint density at radius 2 is 1.20 bits per heavy atom. The number of para-hydroxylation sites is 3. The number of benzene rings is 5. The van der Waals surface area contributed by atoms with Crippen LogP contribution in [0.25, 0.3) is 66.1 Å². The smallest absolute Gasteiger partial charge is 0.0744 e. The van der Waals surface area contributed by atoms with Gasteiger partial charge in [-0.2, -0.15) is 0 Å². The van der Waals surface area contributed by atoms with Crippen LogP contribution in [-0.4, -0.2) is 14.1 Å². The quantitative estimate of drug-likeness (QED) is 0.220. The molecule has 0 N–H and O–H groups in total. The van der Waals surface area contributed by atoms with E-state index >= 15 is 0 Å². The van der Waals surface area contributed by atoms with Gasteiger partial charge in [-0.15, -0.1) is 0 Å². The molecule has 3 nitrogen and oxygen atoms in total. The van der Waals surface area contributed by atoms with Crippen molar-refractivity contribution in [1.29, 1.82) is 0 Å². The van der Waals surface area contributed by atoms with E-state index in [2.05, 4.69) is 138 Å². The third-order valence-corrected chi connectivity index (χ3v) is 9.12. The second-order valence-electron chi connectivity index (χ2n) is 11.7. The highest BCUT2D eigenvalue weighted by Crippen LogP contribution is 2.47. The van der Waals surface area contributed by atoms with Crippen LogP contribution in [0.3, 0.4) is 0 Å². The summed E-state index contributed by atoms with van der Waals surface area (Å²) in [6.45, 7) is 4.58. The largest absolute Gasteiger partial charge is 0.309 e. The molecule has 0 amide bonds. The number of pyridine rings is 1. The van der Waals surface area contributed by atoms with Gasteiger partial charge >= 0.3 is 0 Å². The molecule has 9 rings (SSSR count). The van der Waals surface area contributed by atoms with E-state index in [1.54, 1.807) is 0 Å². The first-order chi connectivity index (χ1) is 20.1. The molecular formula is C38H27N3. The number of rotatable bonds is 2. The third kappa shape index (κ3) is 2.95. The summed E-state index contributed by atoms with van der Waals surface area (Å²) in [5.41, 5.74) is 12.1. The van der Waals surface area contributed by atoms with Crippen LogP contribution in [0, 0.1) is 0 Å². The number of hydrogen-bond acceptors (Lipinski definition) is 1. The average Bonchev–Trinajstić information content (AvgIpc) is 3.53. The maximum absolute atomic E-state index is 4.85. The van der Waals surface area contributed by atoms with E-state index < -0.39 is 0 Å². The fourth-order valence-corrected chi connectivity index (χ4v) is 7.19. The van der Waals surface area contributed by atoms with Gasteiger partial charge in [-0.25, -0.2) is 0 Å². The van der Waals surface area contributed by atoms with E-state index in [9.17, 15) is 0 Å². The van der Waals surface area contributed by atoms with Crippen LogP contribution in [0.1, 0.15) is 25.1 Å². The lowest BCUT2D eigenvalue weighted by molar-refractivity contribution is 0.606. The zero-order chi connectivity index (χ0) is 27.3. The summed E-state index contributed by atoms with van der Waals surface area (Å²) < 4.78 is 4.79. The Bertz CT molecular complexity index is 2280. The molecule has 41 heavy (non-hydrogen) atoms. The maximum Gasteiger partial charge on any atom is 0.0744 e. The summed E-state index contributed by atoms with van der Waals surface area (Å²) in [7, 11) is 0. The minimum Gasteiger partial charge on any atom is -0.309 e. The van der Waals surface area contributed by atoms with Crippen molar-refractivity contribution in [3.05, 3.63) is 139 Å². The highest BCUT2D eigenvalue weighted by molar-refractivity contribution is 6.13. The molecule has 0 atom stereocenters. The molecular weight excluding hydrogens is 498 g/mol. The van der Waals surface area contributed by atoms with Crippen LogP contribution in [0.2, 0.25) is 0 Å². The van der Waals surface area contributed by atoms with Crippen LogP contribution in [0.4, 0.5) is 0 Å². The topological polar surface area (TPSA) is 22.8 Å². The van der Waals surface area contributed by atoms with Gasteiger partial charge in [0.1, 0.15) is 0 Å². The average molecular weight is 526 g/mol. The SMILES string of the molecule is CC1(C)c2ncccc2-n2c3ccc(-c4ccc(-n5c6ccccc6c6ccccc65)cc4)cc3c3cccc1c32. The van der Waals surface area contributed by atoms with E-state index in [0.717, 1.165) is 5.69 Å². The Hall–Kier alpha value is -5.15. The number of fused-ring (bicyclic) bond motifs is 8. The van der Waals surface area contributed by atoms with Gasteiger partial charge in [-0.1, -0.05) is 72.8 Å². The van der Waals surface area contributed by atoms with Crippen molar-refractivity contribution in [2.45, 2.75) is 19.3 Å². The van der Waals surface area contributed by atoms with E-state index in [4.69, 9.17) is 4.98 Å². The van der Waals surface area contributed by atoms with Crippen molar-refractivity contribution >= 4 is 43.6 Å². The van der Waals surface area contributed by atoms with Gasteiger partial charge in [-0.3, -0.25) is 4.98 Å². The molecule has 1 aliphatic heterocycles. The van der Waals surface area contributed by atoms with Gasteiger partial charge in [0.25, 0.3) is 0 Å². The molecule has 0 fully saturated rings. The minimum atomic E-state index is -0.161. The van der Waals surface area contributed by atoms with Gasteiger partial charge in [0.2, 0.25) is 0 Å². The maximum atomic E-state index is 4.85. The molecule has 0 spiro atoms.